The minimum Gasteiger partial charge on any atom is -0.464 e. The number of ether oxygens (including phenoxy) is 1. The molecule has 154 valence electrons. The van der Waals surface area contributed by atoms with Crippen LogP contribution in [0.5, 0.6) is 0 Å². The smallest absolute Gasteiger partial charge is 0.464 e. The molecule has 0 aromatic heterocycles. The quantitative estimate of drug-likeness (QED) is 0.335. The van der Waals surface area contributed by atoms with Crippen molar-refractivity contribution in [3.63, 3.8) is 0 Å². The Morgan fingerprint density at radius 1 is 0.931 bits per heavy atom. The van der Waals surface area contributed by atoms with E-state index >= 15 is 0 Å². The van der Waals surface area contributed by atoms with Crippen molar-refractivity contribution in [2.75, 3.05) is 6.79 Å². The molecule has 2 aromatic rings. The molecule has 0 bridgehead atoms. The standard InChI is InChI=1S/C22H24FO5P/c1-18-12-13-22(21(23)14-18)25-17-28-29(24,26-15-19-8-4-2-5-9-19)27-16-20-10-6-3-7-11-20/h2-11,13-14,18H,12,15-17H2,1H3. The summed E-state index contributed by atoms with van der Waals surface area (Å²) in [6, 6.07) is 18.5. The monoisotopic (exact) mass is 418 g/mol. The Labute approximate surface area is 170 Å². The molecule has 0 aliphatic heterocycles. The summed E-state index contributed by atoms with van der Waals surface area (Å²) in [6.07, 6.45) is 3.78. The molecule has 1 unspecified atom stereocenters. The van der Waals surface area contributed by atoms with Gasteiger partial charge in [0.2, 0.25) is 6.79 Å². The van der Waals surface area contributed by atoms with E-state index in [0.29, 0.717) is 6.42 Å². The van der Waals surface area contributed by atoms with Crippen LogP contribution in [0.3, 0.4) is 0 Å². The lowest BCUT2D eigenvalue weighted by Gasteiger charge is -2.20. The first kappa shape index (κ1) is 21.5. The molecule has 0 N–H and O–H groups in total. The lowest BCUT2D eigenvalue weighted by Crippen LogP contribution is -2.07. The number of benzene rings is 2. The number of hydrogen-bond donors (Lipinski definition) is 0. The predicted molar refractivity (Wildman–Crippen MR) is 108 cm³/mol. The fourth-order valence-electron chi connectivity index (χ4n) is 2.64. The van der Waals surface area contributed by atoms with Gasteiger partial charge in [0.05, 0.1) is 13.2 Å². The normalized spacial score (nSPS) is 16.8. The van der Waals surface area contributed by atoms with Crippen molar-refractivity contribution < 1.29 is 27.3 Å². The van der Waals surface area contributed by atoms with Crippen LogP contribution in [0.15, 0.2) is 84.4 Å². The van der Waals surface area contributed by atoms with Gasteiger partial charge in [0.1, 0.15) is 0 Å². The first-order chi connectivity index (χ1) is 14.0. The highest BCUT2D eigenvalue weighted by molar-refractivity contribution is 7.48. The predicted octanol–water partition coefficient (Wildman–Crippen LogP) is 6.30. The topological polar surface area (TPSA) is 54.0 Å². The van der Waals surface area contributed by atoms with Gasteiger partial charge in [0.15, 0.2) is 11.6 Å². The van der Waals surface area contributed by atoms with Crippen molar-refractivity contribution >= 4 is 7.82 Å². The lowest BCUT2D eigenvalue weighted by atomic mass is 10.0. The van der Waals surface area contributed by atoms with Gasteiger partial charge in [0.25, 0.3) is 0 Å². The molecule has 3 rings (SSSR count). The fraction of sp³-hybridized carbons (Fsp3) is 0.273. The second-order valence-corrected chi connectivity index (χ2v) is 8.32. The average Bonchev–Trinajstić information content (AvgIpc) is 2.74. The van der Waals surface area contributed by atoms with Gasteiger partial charge < -0.3 is 4.74 Å². The van der Waals surface area contributed by atoms with Gasteiger partial charge in [-0.05, 0) is 35.6 Å². The summed E-state index contributed by atoms with van der Waals surface area (Å²) in [5.41, 5.74) is 1.64. The zero-order chi connectivity index (χ0) is 20.5. The van der Waals surface area contributed by atoms with Crippen LogP contribution in [-0.4, -0.2) is 6.79 Å². The second-order valence-electron chi connectivity index (χ2n) is 6.65. The second kappa shape index (κ2) is 10.5. The van der Waals surface area contributed by atoms with Crippen molar-refractivity contribution in [2.45, 2.75) is 26.6 Å². The maximum atomic E-state index is 13.9. The van der Waals surface area contributed by atoms with E-state index in [2.05, 4.69) is 0 Å². The molecule has 0 saturated heterocycles. The van der Waals surface area contributed by atoms with Crippen molar-refractivity contribution in [3.8, 4) is 0 Å². The summed E-state index contributed by atoms with van der Waals surface area (Å²) in [5, 5.41) is 0. The third-order valence-electron chi connectivity index (χ3n) is 4.23. The number of halogens is 1. The summed E-state index contributed by atoms with van der Waals surface area (Å²) >= 11 is 0. The van der Waals surface area contributed by atoms with Gasteiger partial charge in [-0.25, -0.2) is 13.5 Å². The molecule has 0 spiro atoms. The third-order valence-corrected chi connectivity index (χ3v) is 5.54. The van der Waals surface area contributed by atoms with E-state index in [1.54, 1.807) is 6.08 Å². The fourth-order valence-corrected chi connectivity index (χ4v) is 3.66. The average molecular weight is 418 g/mol. The van der Waals surface area contributed by atoms with Crippen molar-refractivity contribution in [3.05, 3.63) is 95.5 Å². The number of phosphoric ester groups is 1. The molecule has 1 atom stereocenters. The largest absolute Gasteiger partial charge is 0.478 e. The first-order valence-electron chi connectivity index (χ1n) is 9.36. The van der Waals surface area contributed by atoms with Gasteiger partial charge in [-0.1, -0.05) is 67.6 Å². The van der Waals surface area contributed by atoms with Crippen LogP contribution in [-0.2, 0) is 36.1 Å². The van der Waals surface area contributed by atoms with Crippen molar-refractivity contribution in [1.29, 1.82) is 0 Å². The maximum Gasteiger partial charge on any atom is 0.478 e. The molecule has 1 aliphatic rings. The van der Waals surface area contributed by atoms with Crippen LogP contribution in [0.1, 0.15) is 24.5 Å². The number of rotatable bonds is 10. The van der Waals surface area contributed by atoms with E-state index < -0.39 is 20.4 Å². The molecule has 0 heterocycles. The van der Waals surface area contributed by atoms with Crippen LogP contribution in [0.4, 0.5) is 4.39 Å². The Morgan fingerprint density at radius 3 is 2.00 bits per heavy atom. The van der Waals surface area contributed by atoms with Crippen LogP contribution in [0.25, 0.3) is 0 Å². The minimum absolute atomic E-state index is 0.0430. The molecule has 0 amide bonds. The SMILES string of the molecule is CC1C=C(F)C(OCOP(=O)(OCc2ccccc2)OCc2ccccc2)=CC1. The molecule has 2 aromatic carbocycles. The summed E-state index contributed by atoms with van der Waals surface area (Å²) in [5.74, 6) is -0.281. The van der Waals surface area contributed by atoms with E-state index in [9.17, 15) is 8.96 Å². The maximum absolute atomic E-state index is 13.9. The Morgan fingerprint density at radius 2 is 1.48 bits per heavy atom. The minimum atomic E-state index is -3.94. The lowest BCUT2D eigenvalue weighted by molar-refractivity contribution is 0.0121. The molecular weight excluding hydrogens is 394 g/mol. The highest BCUT2D eigenvalue weighted by atomic mass is 31.2. The van der Waals surface area contributed by atoms with Crippen LogP contribution in [0.2, 0.25) is 0 Å². The summed E-state index contributed by atoms with van der Waals surface area (Å²) < 4.78 is 48.6. The molecule has 1 aliphatic carbocycles. The molecule has 0 saturated carbocycles. The van der Waals surface area contributed by atoms with Crippen LogP contribution in [0, 0.1) is 5.92 Å². The van der Waals surface area contributed by atoms with Crippen LogP contribution < -0.4 is 0 Å². The molecular formula is C22H24FO5P. The van der Waals surface area contributed by atoms with E-state index in [0.717, 1.165) is 11.1 Å². The summed E-state index contributed by atoms with van der Waals surface area (Å²) in [6.45, 7) is 1.54. The molecule has 5 nitrogen and oxygen atoms in total. The third kappa shape index (κ3) is 6.94. The van der Waals surface area contributed by atoms with Gasteiger partial charge in [-0.15, -0.1) is 0 Å². The van der Waals surface area contributed by atoms with Gasteiger partial charge >= 0.3 is 7.82 Å². The van der Waals surface area contributed by atoms with E-state index in [4.69, 9.17) is 18.3 Å². The van der Waals surface area contributed by atoms with Gasteiger partial charge in [0, 0.05) is 0 Å². The van der Waals surface area contributed by atoms with E-state index in [1.165, 1.54) is 6.08 Å². The van der Waals surface area contributed by atoms with E-state index in [-0.39, 0.29) is 24.9 Å². The van der Waals surface area contributed by atoms with Gasteiger partial charge in [-0.2, -0.15) is 0 Å². The number of hydrogen-bond acceptors (Lipinski definition) is 5. The van der Waals surface area contributed by atoms with Crippen molar-refractivity contribution in [1.82, 2.24) is 0 Å². The highest BCUT2D eigenvalue weighted by Crippen LogP contribution is 2.51. The first-order valence-corrected chi connectivity index (χ1v) is 10.8. The Balaban J connectivity index is 1.60. The van der Waals surface area contributed by atoms with Crippen LogP contribution >= 0.6 is 7.82 Å². The van der Waals surface area contributed by atoms with E-state index in [1.807, 2.05) is 67.6 Å². The zero-order valence-electron chi connectivity index (χ0n) is 16.2. The summed E-state index contributed by atoms with van der Waals surface area (Å²) in [7, 11) is -3.94. The van der Waals surface area contributed by atoms with Gasteiger partial charge in [-0.3, -0.25) is 9.05 Å². The summed E-state index contributed by atoms with van der Waals surface area (Å²) in [4.78, 5) is 0. The molecule has 29 heavy (non-hydrogen) atoms. The number of allylic oxidation sites excluding steroid dienone is 3. The zero-order valence-corrected chi connectivity index (χ0v) is 17.1. The molecule has 0 radical (unpaired) electrons. The highest BCUT2D eigenvalue weighted by Gasteiger charge is 2.28. The molecule has 7 heteroatoms. The Kier molecular flexibility index (Phi) is 7.78. The molecule has 0 fully saturated rings. The Bertz CT molecular complexity index is 835. The van der Waals surface area contributed by atoms with Crippen molar-refractivity contribution in [2.24, 2.45) is 5.92 Å². The Hall–Kier alpha value is -2.24. The number of phosphoric acid groups is 1.